The lowest BCUT2D eigenvalue weighted by molar-refractivity contribution is 0.0600. The fourth-order valence-corrected chi connectivity index (χ4v) is 2.52. The van der Waals surface area contributed by atoms with Gasteiger partial charge in [-0.15, -0.1) is 0 Å². The number of methoxy groups -OCH3 is 1. The van der Waals surface area contributed by atoms with Crippen LogP contribution in [0.25, 0.3) is 0 Å². The smallest absolute Gasteiger partial charge is 0.337 e. The Kier molecular flexibility index (Phi) is 5.27. The fourth-order valence-electron chi connectivity index (χ4n) is 2.08. The second kappa shape index (κ2) is 7.17. The molecule has 0 aliphatic carbocycles. The Bertz CT molecular complexity index is 750. The lowest BCUT2D eigenvalue weighted by Gasteiger charge is -2.10. The third kappa shape index (κ3) is 3.51. The van der Waals surface area contributed by atoms with Crippen LogP contribution in [0.1, 0.15) is 26.4 Å². The molecule has 6 heteroatoms. The van der Waals surface area contributed by atoms with Gasteiger partial charge in [0.2, 0.25) is 0 Å². The van der Waals surface area contributed by atoms with E-state index in [9.17, 15) is 14.4 Å². The summed E-state index contributed by atoms with van der Waals surface area (Å²) in [5.74, 6) is -0.391. The molecule has 0 saturated heterocycles. The summed E-state index contributed by atoms with van der Waals surface area (Å²) < 4.78 is 6.64. The van der Waals surface area contributed by atoms with Gasteiger partial charge in [0.25, 0.3) is 5.56 Å². The molecule has 0 aliphatic heterocycles. The van der Waals surface area contributed by atoms with Crippen molar-refractivity contribution in [1.82, 2.24) is 4.57 Å². The van der Waals surface area contributed by atoms with Gasteiger partial charge in [0.1, 0.15) is 0 Å². The average Bonchev–Trinajstić information content (AvgIpc) is 2.55. The molecule has 0 saturated carbocycles. The predicted octanol–water partition coefficient (Wildman–Crippen LogP) is 2.45. The number of hydrogen-bond donors (Lipinski definition) is 0. The van der Waals surface area contributed by atoms with Gasteiger partial charge < -0.3 is 9.30 Å². The monoisotopic (exact) mass is 363 g/mol. The zero-order chi connectivity index (χ0) is 16.1. The third-order valence-electron chi connectivity index (χ3n) is 3.28. The first kappa shape index (κ1) is 16.2. The number of benzene rings is 1. The standard InChI is InChI=1S/C16H14BrNO4/c1-22-16(21)12-4-2-11(3-5-12)8-9-18-14(10-19)13(17)6-7-15(18)20/h2-7,10H,8-9H2,1H3. The van der Waals surface area contributed by atoms with Gasteiger partial charge in [-0.3, -0.25) is 9.59 Å². The molecular formula is C16H14BrNO4. The van der Waals surface area contributed by atoms with Gasteiger partial charge in [0.05, 0.1) is 18.4 Å². The molecular weight excluding hydrogens is 350 g/mol. The summed E-state index contributed by atoms with van der Waals surface area (Å²) in [5, 5.41) is 0. The van der Waals surface area contributed by atoms with Gasteiger partial charge in [0.15, 0.2) is 6.29 Å². The first-order valence-corrected chi connectivity index (χ1v) is 7.38. The number of carbonyl (C=O) groups excluding carboxylic acids is 2. The molecule has 2 rings (SSSR count). The van der Waals surface area contributed by atoms with Crippen molar-refractivity contribution in [2.24, 2.45) is 0 Å². The van der Waals surface area contributed by atoms with Crippen molar-refractivity contribution in [2.45, 2.75) is 13.0 Å². The molecule has 0 atom stereocenters. The van der Waals surface area contributed by atoms with E-state index in [1.807, 2.05) is 0 Å². The van der Waals surface area contributed by atoms with Crippen molar-refractivity contribution < 1.29 is 14.3 Å². The van der Waals surface area contributed by atoms with Crippen LogP contribution in [0, 0.1) is 0 Å². The van der Waals surface area contributed by atoms with Gasteiger partial charge in [-0.25, -0.2) is 4.79 Å². The SMILES string of the molecule is COC(=O)c1ccc(CCn2c(C=O)c(Br)ccc2=O)cc1. The molecule has 114 valence electrons. The van der Waals surface area contributed by atoms with Crippen LogP contribution < -0.4 is 5.56 Å². The topological polar surface area (TPSA) is 65.4 Å². The number of aldehydes is 1. The Balaban J connectivity index is 2.17. The number of halogens is 1. The van der Waals surface area contributed by atoms with Crippen LogP contribution in [-0.2, 0) is 17.7 Å². The van der Waals surface area contributed by atoms with E-state index in [1.54, 1.807) is 30.3 Å². The maximum absolute atomic E-state index is 11.9. The van der Waals surface area contributed by atoms with Gasteiger partial charge >= 0.3 is 5.97 Å². The Hall–Kier alpha value is -2.21. The highest BCUT2D eigenvalue weighted by Gasteiger charge is 2.08. The van der Waals surface area contributed by atoms with Gasteiger partial charge in [0, 0.05) is 17.1 Å². The highest BCUT2D eigenvalue weighted by atomic mass is 79.9. The van der Waals surface area contributed by atoms with Crippen molar-refractivity contribution in [1.29, 1.82) is 0 Å². The molecule has 1 heterocycles. The summed E-state index contributed by atoms with van der Waals surface area (Å²) in [6, 6.07) is 9.92. The molecule has 0 amide bonds. The Labute approximate surface area is 135 Å². The molecule has 1 aromatic heterocycles. The molecule has 22 heavy (non-hydrogen) atoms. The molecule has 0 unspecified atom stereocenters. The lowest BCUT2D eigenvalue weighted by Crippen LogP contribution is -2.24. The van der Waals surface area contributed by atoms with E-state index in [4.69, 9.17) is 0 Å². The van der Waals surface area contributed by atoms with E-state index in [1.165, 1.54) is 17.7 Å². The number of aryl methyl sites for hydroxylation is 1. The maximum atomic E-state index is 11.9. The number of carbonyl (C=O) groups is 2. The largest absolute Gasteiger partial charge is 0.465 e. The van der Waals surface area contributed by atoms with Crippen LogP contribution >= 0.6 is 15.9 Å². The van der Waals surface area contributed by atoms with Crippen LogP contribution in [0.15, 0.2) is 45.7 Å². The van der Waals surface area contributed by atoms with Gasteiger partial charge in [-0.2, -0.15) is 0 Å². The number of rotatable bonds is 5. The van der Waals surface area contributed by atoms with E-state index in [0.717, 1.165) is 5.56 Å². The van der Waals surface area contributed by atoms with Crippen molar-refractivity contribution >= 4 is 28.2 Å². The van der Waals surface area contributed by atoms with Crippen LogP contribution in [0.5, 0.6) is 0 Å². The number of ether oxygens (including phenoxy) is 1. The minimum absolute atomic E-state index is 0.225. The number of aromatic nitrogens is 1. The van der Waals surface area contributed by atoms with Crippen LogP contribution in [-0.4, -0.2) is 23.9 Å². The predicted molar refractivity (Wildman–Crippen MR) is 85.3 cm³/mol. The summed E-state index contributed by atoms with van der Waals surface area (Å²) in [6.07, 6.45) is 1.23. The Morgan fingerprint density at radius 3 is 2.50 bits per heavy atom. The zero-order valence-electron chi connectivity index (χ0n) is 11.9. The van der Waals surface area contributed by atoms with E-state index in [-0.39, 0.29) is 5.56 Å². The summed E-state index contributed by atoms with van der Waals surface area (Å²) >= 11 is 3.26. The van der Waals surface area contributed by atoms with Crippen molar-refractivity contribution in [3.63, 3.8) is 0 Å². The van der Waals surface area contributed by atoms with Crippen molar-refractivity contribution in [3.05, 3.63) is 68.0 Å². The third-order valence-corrected chi connectivity index (χ3v) is 3.96. The van der Waals surface area contributed by atoms with Crippen LogP contribution in [0.2, 0.25) is 0 Å². The van der Waals surface area contributed by atoms with Crippen molar-refractivity contribution in [3.8, 4) is 0 Å². The number of esters is 1. The minimum atomic E-state index is -0.391. The lowest BCUT2D eigenvalue weighted by atomic mass is 10.1. The molecule has 1 aromatic carbocycles. The molecule has 2 aromatic rings. The van der Waals surface area contributed by atoms with E-state index in [0.29, 0.717) is 35.0 Å². The Morgan fingerprint density at radius 2 is 1.91 bits per heavy atom. The molecule has 0 spiro atoms. The maximum Gasteiger partial charge on any atom is 0.337 e. The molecule has 0 N–H and O–H groups in total. The summed E-state index contributed by atoms with van der Waals surface area (Å²) in [5.41, 5.74) is 1.52. The highest BCUT2D eigenvalue weighted by Crippen LogP contribution is 2.13. The average molecular weight is 364 g/mol. The molecule has 0 aliphatic rings. The van der Waals surface area contributed by atoms with Crippen molar-refractivity contribution in [2.75, 3.05) is 7.11 Å². The van der Waals surface area contributed by atoms with E-state index in [2.05, 4.69) is 20.7 Å². The molecule has 0 radical (unpaired) electrons. The van der Waals surface area contributed by atoms with Gasteiger partial charge in [-0.1, -0.05) is 12.1 Å². The fraction of sp³-hybridized carbons (Fsp3) is 0.188. The number of hydrogen-bond acceptors (Lipinski definition) is 4. The Morgan fingerprint density at radius 1 is 1.23 bits per heavy atom. The molecule has 5 nitrogen and oxygen atoms in total. The van der Waals surface area contributed by atoms with Gasteiger partial charge in [-0.05, 0) is 46.1 Å². The second-order valence-electron chi connectivity index (χ2n) is 4.61. The van der Waals surface area contributed by atoms with E-state index < -0.39 is 5.97 Å². The molecule has 0 fully saturated rings. The summed E-state index contributed by atoms with van der Waals surface area (Å²) in [6.45, 7) is 0.379. The summed E-state index contributed by atoms with van der Waals surface area (Å²) in [4.78, 5) is 34.4. The molecule has 0 bridgehead atoms. The minimum Gasteiger partial charge on any atom is -0.465 e. The first-order valence-electron chi connectivity index (χ1n) is 6.58. The number of nitrogens with zero attached hydrogens (tertiary/aromatic N) is 1. The van der Waals surface area contributed by atoms with Crippen LogP contribution in [0.3, 0.4) is 0 Å². The normalized spacial score (nSPS) is 10.3. The van der Waals surface area contributed by atoms with Crippen LogP contribution in [0.4, 0.5) is 0 Å². The highest BCUT2D eigenvalue weighted by molar-refractivity contribution is 9.10. The first-order chi connectivity index (χ1) is 10.6. The summed E-state index contributed by atoms with van der Waals surface area (Å²) in [7, 11) is 1.33. The zero-order valence-corrected chi connectivity index (χ0v) is 13.5. The quantitative estimate of drug-likeness (QED) is 0.604. The van der Waals surface area contributed by atoms with E-state index >= 15 is 0 Å². The second-order valence-corrected chi connectivity index (χ2v) is 5.47. The number of pyridine rings is 1.